The molecule has 0 radical (unpaired) electrons. The van der Waals surface area contributed by atoms with Gasteiger partial charge in [0.05, 0.1) is 12.1 Å². The number of fused-ring (bicyclic) bond motifs is 1. The van der Waals surface area contributed by atoms with Crippen molar-refractivity contribution in [3.05, 3.63) is 11.6 Å². The summed E-state index contributed by atoms with van der Waals surface area (Å²) in [5.41, 5.74) is 0. The Morgan fingerprint density at radius 3 is 3.00 bits per heavy atom. The number of nitrogens with one attached hydrogen (secondary N) is 2. The summed E-state index contributed by atoms with van der Waals surface area (Å²) in [5.74, 6) is 2.06. The molecule has 3 heterocycles. The van der Waals surface area contributed by atoms with Crippen LogP contribution in [0.1, 0.15) is 63.1 Å². The van der Waals surface area contributed by atoms with Gasteiger partial charge in [0.2, 0.25) is 5.91 Å². The van der Waals surface area contributed by atoms with Crippen LogP contribution in [-0.4, -0.2) is 33.3 Å². The normalized spacial score (nSPS) is 24.0. The smallest absolute Gasteiger partial charge is 0.237 e. The van der Waals surface area contributed by atoms with Gasteiger partial charge >= 0.3 is 0 Å². The summed E-state index contributed by atoms with van der Waals surface area (Å²) < 4.78 is 2.20. The Labute approximate surface area is 125 Å². The van der Waals surface area contributed by atoms with Gasteiger partial charge in [-0.15, -0.1) is 10.2 Å². The van der Waals surface area contributed by atoms with Crippen LogP contribution in [0.4, 0.5) is 0 Å². The number of rotatable bonds is 3. The van der Waals surface area contributed by atoms with Crippen molar-refractivity contribution in [2.24, 2.45) is 0 Å². The maximum atomic E-state index is 12.3. The average Bonchev–Trinajstić information content (AvgIpc) is 2.77. The largest absolute Gasteiger partial charge is 0.345 e. The molecule has 1 fully saturated rings. The molecule has 0 aliphatic carbocycles. The van der Waals surface area contributed by atoms with Gasteiger partial charge in [0, 0.05) is 13.0 Å². The lowest BCUT2D eigenvalue weighted by Crippen LogP contribution is -2.47. The molecule has 0 aromatic carbocycles. The molecule has 1 aromatic rings. The van der Waals surface area contributed by atoms with Gasteiger partial charge in [-0.25, -0.2) is 0 Å². The van der Waals surface area contributed by atoms with Gasteiger partial charge in [-0.3, -0.25) is 4.79 Å². The van der Waals surface area contributed by atoms with Crippen LogP contribution >= 0.6 is 0 Å². The first kappa shape index (κ1) is 14.5. The highest BCUT2D eigenvalue weighted by Gasteiger charge is 2.25. The van der Waals surface area contributed by atoms with Gasteiger partial charge in [0.15, 0.2) is 5.82 Å². The molecular weight excluding hydrogens is 266 g/mol. The highest BCUT2D eigenvalue weighted by atomic mass is 16.2. The van der Waals surface area contributed by atoms with E-state index in [1.807, 2.05) is 6.92 Å². The highest BCUT2D eigenvalue weighted by molar-refractivity contribution is 5.82. The summed E-state index contributed by atoms with van der Waals surface area (Å²) in [4.78, 5) is 12.3. The molecule has 1 aromatic heterocycles. The Hall–Kier alpha value is -1.43. The van der Waals surface area contributed by atoms with E-state index in [1.165, 1.54) is 19.3 Å². The standard InChI is InChI=1S/C15H25N5O/c1-11(17-15(21)12-7-4-5-9-16-12)14-19-18-13-8-3-2-6-10-20(13)14/h11-12,16H,2-10H2,1H3,(H,17,21). The van der Waals surface area contributed by atoms with Crippen LogP contribution in [0, 0.1) is 0 Å². The van der Waals surface area contributed by atoms with Gasteiger partial charge in [0.25, 0.3) is 0 Å². The number of carbonyl (C=O) groups excluding carboxylic acids is 1. The Morgan fingerprint density at radius 2 is 2.19 bits per heavy atom. The quantitative estimate of drug-likeness (QED) is 0.881. The van der Waals surface area contributed by atoms with Crippen molar-refractivity contribution in [2.75, 3.05) is 6.54 Å². The summed E-state index contributed by atoms with van der Waals surface area (Å²) in [6.07, 6.45) is 7.81. The zero-order valence-electron chi connectivity index (χ0n) is 12.8. The zero-order valence-corrected chi connectivity index (χ0v) is 12.8. The lowest BCUT2D eigenvalue weighted by atomic mass is 10.0. The Morgan fingerprint density at radius 1 is 1.29 bits per heavy atom. The molecule has 2 aliphatic heterocycles. The van der Waals surface area contributed by atoms with Crippen LogP contribution in [0.3, 0.4) is 0 Å². The predicted molar refractivity (Wildman–Crippen MR) is 79.8 cm³/mol. The minimum atomic E-state index is -0.0828. The molecule has 6 heteroatoms. The first-order valence-electron chi connectivity index (χ1n) is 8.21. The molecule has 0 bridgehead atoms. The van der Waals surface area contributed by atoms with E-state index >= 15 is 0 Å². The van der Waals surface area contributed by atoms with E-state index < -0.39 is 0 Å². The van der Waals surface area contributed by atoms with Gasteiger partial charge in [0.1, 0.15) is 5.82 Å². The molecule has 6 nitrogen and oxygen atoms in total. The van der Waals surface area contributed by atoms with E-state index in [0.717, 1.165) is 50.4 Å². The van der Waals surface area contributed by atoms with Gasteiger partial charge < -0.3 is 15.2 Å². The highest BCUT2D eigenvalue weighted by Crippen LogP contribution is 2.19. The molecule has 2 aliphatic rings. The van der Waals surface area contributed by atoms with Crippen molar-refractivity contribution in [2.45, 2.75) is 70.5 Å². The lowest BCUT2D eigenvalue weighted by Gasteiger charge is -2.24. The number of aromatic nitrogens is 3. The molecule has 1 amide bonds. The van der Waals surface area contributed by atoms with Crippen molar-refractivity contribution in [1.29, 1.82) is 0 Å². The van der Waals surface area contributed by atoms with Gasteiger partial charge in [-0.1, -0.05) is 12.8 Å². The summed E-state index contributed by atoms with van der Waals surface area (Å²) in [5, 5.41) is 15.0. The molecule has 0 spiro atoms. The fourth-order valence-corrected chi connectivity index (χ4v) is 3.28. The number of amides is 1. The molecule has 3 rings (SSSR count). The number of piperidine rings is 1. The second-order valence-corrected chi connectivity index (χ2v) is 6.17. The van der Waals surface area contributed by atoms with Crippen molar-refractivity contribution in [1.82, 2.24) is 25.4 Å². The van der Waals surface area contributed by atoms with E-state index in [4.69, 9.17) is 0 Å². The second kappa shape index (κ2) is 6.56. The molecule has 2 N–H and O–H groups in total. The van der Waals surface area contributed by atoms with Gasteiger partial charge in [-0.05, 0) is 39.2 Å². The van der Waals surface area contributed by atoms with E-state index in [2.05, 4.69) is 25.4 Å². The first-order valence-corrected chi connectivity index (χ1v) is 8.21. The summed E-state index contributed by atoms with van der Waals surface area (Å²) in [6, 6.07) is -0.131. The fraction of sp³-hybridized carbons (Fsp3) is 0.800. The Balaban J connectivity index is 1.66. The number of hydrogen-bond donors (Lipinski definition) is 2. The summed E-state index contributed by atoms with van der Waals surface area (Å²) >= 11 is 0. The van der Waals surface area contributed by atoms with E-state index in [9.17, 15) is 4.79 Å². The van der Waals surface area contributed by atoms with Crippen LogP contribution in [-0.2, 0) is 17.8 Å². The third-order valence-corrected chi connectivity index (χ3v) is 4.51. The van der Waals surface area contributed by atoms with Crippen LogP contribution in [0.25, 0.3) is 0 Å². The number of aryl methyl sites for hydroxylation is 1. The van der Waals surface area contributed by atoms with E-state index in [0.29, 0.717) is 0 Å². The average molecular weight is 291 g/mol. The molecule has 2 unspecified atom stereocenters. The molecule has 116 valence electrons. The minimum Gasteiger partial charge on any atom is -0.345 e. The van der Waals surface area contributed by atoms with Crippen molar-refractivity contribution >= 4 is 5.91 Å². The molecule has 0 saturated carbocycles. The van der Waals surface area contributed by atoms with Crippen LogP contribution < -0.4 is 10.6 Å². The number of hydrogen-bond acceptors (Lipinski definition) is 4. The maximum Gasteiger partial charge on any atom is 0.237 e. The van der Waals surface area contributed by atoms with Crippen molar-refractivity contribution in [3.63, 3.8) is 0 Å². The van der Waals surface area contributed by atoms with Crippen LogP contribution in [0.2, 0.25) is 0 Å². The van der Waals surface area contributed by atoms with E-state index in [1.54, 1.807) is 0 Å². The van der Waals surface area contributed by atoms with Crippen LogP contribution in [0.5, 0.6) is 0 Å². The third-order valence-electron chi connectivity index (χ3n) is 4.51. The topological polar surface area (TPSA) is 71.8 Å². The summed E-state index contributed by atoms with van der Waals surface area (Å²) in [6.45, 7) is 3.91. The van der Waals surface area contributed by atoms with Crippen molar-refractivity contribution < 1.29 is 4.79 Å². The molecule has 2 atom stereocenters. The third kappa shape index (κ3) is 3.26. The maximum absolute atomic E-state index is 12.3. The molecular formula is C15H25N5O. The predicted octanol–water partition coefficient (Wildman–Crippen LogP) is 1.32. The lowest BCUT2D eigenvalue weighted by molar-refractivity contribution is -0.124. The Kier molecular flexibility index (Phi) is 4.53. The minimum absolute atomic E-state index is 0.0484. The Bertz CT molecular complexity index is 492. The zero-order chi connectivity index (χ0) is 14.7. The first-order chi connectivity index (χ1) is 10.3. The van der Waals surface area contributed by atoms with Crippen LogP contribution in [0.15, 0.2) is 0 Å². The van der Waals surface area contributed by atoms with Crippen molar-refractivity contribution in [3.8, 4) is 0 Å². The SMILES string of the molecule is CC(NC(=O)C1CCCCN1)c1nnc2n1CCCCC2. The fourth-order valence-electron chi connectivity index (χ4n) is 3.28. The summed E-state index contributed by atoms with van der Waals surface area (Å²) in [7, 11) is 0. The second-order valence-electron chi connectivity index (χ2n) is 6.17. The molecule has 21 heavy (non-hydrogen) atoms. The monoisotopic (exact) mass is 291 g/mol. The molecule has 1 saturated heterocycles. The number of nitrogens with zero attached hydrogens (tertiary/aromatic N) is 3. The van der Waals surface area contributed by atoms with Gasteiger partial charge in [-0.2, -0.15) is 0 Å². The number of carbonyl (C=O) groups is 1. The van der Waals surface area contributed by atoms with E-state index in [-0.39, 0.29) is 18.0 Å².